The number of carbonyl (C=O) groups excluding carboxylic acids is 1. The minimum Gasteiger partial charge on any atom is -0.288 e. The van der Waals surface area contributed by atoms with E-state index in [1.165, 1.54) is 16.9 Å². The molecule has 0 aliphatic carbocycles. The van der Waals surface area contributed by atoms with Gasteiger partial charge in [-0.1, -0.05) is 31.5 Å². The summed E-state index contributed by atoms with van der Waals surface area (Å²) < 4.78 is 1.89. The van der Waals surface area contributed by atoms with Gasteiger partial charge in [0.2, 0.25) is 5.78 Å². The van der Waals surface area contributed by atoms with Gasteiger partial charge in [0.05, 0.1) is 8.66 Å². The van der Waals surface area contributed by atoms with Gasteiger partial charge in [0.25, 0.3) is 0 Å². The molecule has 0 saturated heterocycles. The average molecular weight is 388 g/mol. The van der Waals surface area contributed by atoms with Crippen LogP contribution >= 0.6 is 43.2 Å². The first-order valence-electron chi connectivity index (χ1n) is 5.70. The van der Waals surface area contributed by atoms with Gasteiger partial charge in [0.1, 0.15) is 0 Å². The number of benzene rings is 1. The molecule has 2 aromatic rings. The van der Waals surface area contributed by atoms with Crippen LogP contribution in [0.3, 0.4) is 0 Å². The summed E-state index contributed by atoms with van der Waals surface area (Å²) in [4.78, 5) is 13.1. The molecule has 1 aromatic carbocycles. The number of aryl methyl sites for hydroxylation is 1. The van der Waals surface area contributed by atoms with Gasteiger partial charge in [-0.2, -0.15) is 0 Å². The van der Waals surface area contributed by atoms with Crippen molar-refractivity contribution in [3.63, 3.8) is 0 Å². The molecule has 1 heterocycles. The fourth-order valence-corrected chi connectivity index (χ4v) is 3.76. The van der Waals surface area contributed by atoms with E-state index in [0.717, 1.165) is 31.5 Å². The van der Waals surface area contributed by atoms with Crippen molar-refractivity contribution in [3.8, 4) is 0 Å². The Kier molecular flexibility index (Phi) is 4.76. The molecule has 0 aliphatic rings. The minimum absolute atomic E-state index is 0.0874. The molecule has 1 aromatic heterocycles. The Morgan fingerprint density at radius 1 is 1.28 bits per heavy atom. The molecule has 4 heteroatoms. The monoisotopic (exact) mass is 386 g/mol. The van der Waals surface area contributed by atoms with Crippen LogP contribution in [0.25, 0.3) is 0 Å². The highest BCUT2D eigenvalue weighted by atomic mass is 79.9. The Labute approximate surface area is 127 Å². The number of halogens is 2. The molecule has 0 atom stereocenters. The van der Waals surface area contributed by atoms with Crippen molar-refractivity contribution in [1.82, 2.24) is 0 Å². The normalized spacial score (nSPS) is 10.6. The third-order valence-electron chi connectivity index (χ3n) is 2.60. The zero-order chi connectivity index (χ0) is 13.1. The van der Waals surface area contributed by atoms with E-state index in [4.69, 9.17) is 0 Å². The fraction of sp³-hybridized carbons (Fsp3) is 0.214. The molecule has 0 spiro atoms. The summed E-state index contributed by atoms with van der Waals surface area (Å²) in [5, 5.41) is 0. The molecule has 2 rings (SSSR count). The van der Waals surface area contributed by atoms with E-state index in [0.29, 0.717) is 0 Å². The Morgan fingerprint density at radius 2 is 2.06 bits per heavy atom. The van der Waals surface area contributed by atoms with Crippen molar-refractivity contribution >= 4 is 49.0 Å². The number of carbonyl (C=O) groups is 1. The fourth-order valence-electron chi connectivity index (χ4n) is 1.76. The molecule has 18 heavy (non-hydrogen) atoms. The van der Waals surface area contributed by atoms with Crippen LogP contribution in [-0.2, 0) is 6.42 Å². The first-order chi connectivity index (χ1) is 8.61. The van der Waals surface area contributed by atoms with Crippen molar-refractivity contribution < 1.29 is 4.79 Å². The van der Waals surface area contributed by atoms with Gasteiger partial charge >= 0.3 is 0 Å². The molecule has 94 valence electrons. The van der Waals surface area contributed by atoms with Crippen LogP contribution in [0.2, 0.25) is 0 Å². The van der Waals surface area contributed by atoms with Crippen LogP contribution in [0, 0.1) is 0 Å². The maximum absolute atomic E-state index is 12.3. The van der Waals surface area contributed by atoms with Crippen molar-refractivity contribution in [2.24, 2.45) is 0 Å². The van der Waals surface area contributed by atoms with E-state index in [2.05, 4.69) is 44.8 Å². The standard InChI is InChI=1S/C14H12Br2OS/c1-2-4-9-5-3-6-10(7-9)13(17)12-8-11(15)14(16)18-12/h3,5-8H,2,4H2,1H3. The largest absolute Gasteiger partial charge is 0.288 e. The van der Waals surface area contributed by atoms with Gasteiger partial charge in [-0.25, -0.2) is 0 Å². The van der Waals surface area contributed by atoms with Crippen molar-refractivity contribution in [1.29, 1.82) is 0 Å². The Bertz CT molecular complexity index is 555. The molecule has 1 nitrogen and oxygen atoms in total. The number of ketones is 1. The summed E-state index contributed by atoms with van der Waals surface area (Å²) in [6.45, 7) is 2.14. The number of hydrogen-bond acceptors (Lipinski definition) is 2. The average Bonchev–Trinajstić information content (AvgIpc) is 2.69. The summed E-state index contributed by atoms with van der Waals surface area (Å²) in [6, 6.07) is 9.76. The highest BCUT2D eigenvalue weighted by Gasteiger charge is 2.14. The second-order valence-corrected chi connectivity index (χ2v) is 7.24. The molecule has 0 aliphatic heterocycles. The van der Waals surface area contributed by atoms with Gasteiger partial charge in [-0.05, 0) is 56.0 Å². The topological polar surface area (TPSA) is 17.1 Å². The van der Waals surface area contributed by atoms with Crippen LogP contribution in [0.5, 0.6) is 0 Å². The summed E-state index contributed by atoms with van der Waals surface area (Å²) >= 11 is 8.28. The molecular weight excluding hydrogens is 376 g/mol. The van der Waals surface area contributed by atoms with Crippen LogP contribution in [0.15, 0.2) is 38.6 Å². The Hall–Kier alpha value is -0.450. The molecule has 0 unspecified atom stereocenters. The summed E-state index contributed by atoms with van der Waals surface area (Å²) in [5.74, 6) is 0.0874. The highest BCUT2D eigenvalue weighted by Crippen LogP contribution is 2.33. The van der Waals surface area contributed by atoms with E-state index in [1.807, 2.05) is 24.3 Å². The van der Waals surface area contributed by atoms with E-state index in [-0.39, 0.29) is 5.78 Å². The van der Waals surface area contributed by atoms with Crippen LogP contribution in [0.4, 0.5) is 0 Å². The lowest BCUT2D eigenvalue weighted by Crippen LogP contribution is -1.99. The molecular formula is C14H12Br2OS. The molecule has 0 radical (unpaired) electrons. The predicted octanol–water partition coefficient (Wildman–Crippen LogP) is 5.46. The second-order valence-electron chi connectivity index (χ2n) is 4.01. The van der Waals surface area contributed by atoms with Gasteiger partial charge in [0, 0.05) is 10.0 Å². The first-order valence-corrected chi connectivity index (χ1v) is 8.10. The molecule has 0 saturated carbocycles. The summed E-state index contributed by atoms with van der Waals surface area (Å²) in [6.07, 6.45) is 2.10. The number of thiophene rings is 1. The molecule has 0 amide bonds. The van der Waals surface area contributed by atoms with E-state index in [9.17, 15) is 4.79 Å². The Balaban J connectivity index is 2.30. The maximum atomic E-state index is 12.3. The lowest BCUT2D eigenvalue weighted by molar-refractivity contribution is 0.104. The summed E-state index contributed by atoms with van der Waals surface area (Å²) in [5.41, 5.74) is 1.99. The third-order valence-corrected chi connectivity index (χ3v) is 5.85. The summed E-state index contributed by atoms with van der Waals surface area (Å²) in [7, 11) is 0. The lowest BCUT2D eigenvalue weighted by atomic mass is 10.0. The minimum atomic E-state index is 0.0874. The zero-order valence-corrected chi connectivity index (χ0v) is 13.9. The van der Waals surface area contributed by atoms with Crippen molar-refractivity contribution in [2.75, 3.05) is 0 Å². The molecule has 0 fully saturated rings. The predicted molar refractivity (Wildman–Crippen MR) is 83.6 cm³/mol. The van der Waals surface area contributed by atoms with E-state index in [1.54, 1.807) is 0 Å². The Morgan fingerprint density at radius 3 is 2.67 bits per heavy atom. The van der Waals surface area contributed by atoms with Crippen molar-refractivity contribution in [2.45, 2.75) is 19.8 Å². The lowest BCUT2D eigenvalue weighted by Gasteiger charge is -2.02. The quantitative estimate of drug-likeness (QED) is 0.637. The van der Waals surface area contributed by atoms with Crippen molar-refractivity contribution in [3.05, 3.63) is 54.6 Å². The smallest absolute Gasteiger partial charge is 0.203 e. The van der Waals surface area contributed by atoms with E-state index < -0.39 is 0 Å². The molecule has 0 bridgehead atoms. The highest BCUT2D eigenvalue weighted by molar-refractivity contribution is 9.13. The van der Waals surface area contributed by atoms with Gasteiger partial charge in [-0.15, -0.1) is 11.3 Å². The SMILES string of the molecule is CCCc1cccc(C(=O)c2cc(Br)c(Br)s2)c1. The zero-order valence-electron chi connectivity index (χ0n) is 9.87. The van der Waals surface area contributed by atoms with E-state index >= 15 is 0 Å². The van der Waals surface area contributed by atoms with Gasteiger partial charge in [0.15, 0.2) is 0 Å². The second kappa shape index (κ2) is 6.13. The third kappa shape index (κ3) is 3.11. The van der Waals surface area contributed by atoms with Gasteiger partial charge < -0.3 is 0 Å². The van der Waals surface area contributed by atoms with Crippen LogP contribution in [-0.4, -0.2) is 5.78 Å². The molecule has 0 N–H and O–H groups in total. The number of hydrogen-bond donors (Lipinski definition) is 0. The maximum Gasteiger partial charge on any atom is 0.203 e. The first kappa shape index (κ1) is 14.0. The number of rotatable bonds is 4. The van der Waals surface area contributed by atoms with Crippen LogP contribution < -0.4 is 0 Å². The van der Waals surface area contributed by atoms with Gasteiger partial charge in [-0.3, -0.25) is 4.79 Å². The van der Waals surface area contributed by atoms with Crippen LogP contribution in [0.1, 0.15) is 34.1 Å².